The lowest BCUT2D eigenvalue weighted by Crippen LogP contribution is -2.48. The molecule has 0 spiro atoms. The standard InChI is InChI=1S/C14H23N3O2S/c1-3-4-16-5-7-17(8-6-16)9-12(14(18)19-2)13-10-20-11-15-13/h10-12H,3-9H2,1-2H3. The van der Waals surface area contributed by atoms with E-state index in [9.17, 15) is 4.79 Å². The lowest BCUT2D eigenvalue weighted by molar-refractivity contribution is -0.143. The van der Waals surface area contributed by atoms with E-state index in [1.165, 1.54) is 31.4 Å². The molecule has 112 valence electrons. The summed E-state index contributed by atoms with van der Waals surface area (Å²) in [5.74, 6) is -0.448. The minimum absolute atomic E-state index is 0.188. The second-order valence-corrected chi connectivity index (χ2v) is 5.85. The minimum Gasteiger partial charge on any atom is -0.468 e. The van der Waals surface area contributed by atoms with E-state index in [4.69, 9.17) is 4.74 Å². The maximum atomic E-state index is 12.0. The topological polar surface area (TPSA) is 45.7 Å². The zero-order valence-corrected chi connectivity index (χ0v) is 13.1. The summed E-state index contributed by atoms with van der Waals surface area (Å²) >= 11 is 1.52. The number of hydrogen-bond donors (Lipinski definition) is 0. The Morgan fingerprint density at radius 2 is 2.10 bits per heavy atom. The van der Waals surface area contributed by atoms with Gasteiger partial charge in [0.15, 0.2) is 0 Å². The van der Waals surface area contributed by atoms with Crippen molar-refractivity contribution in [2.24, 2.45) is 0 Å². The number of ether oxygens (including phenoxy) is 1. The van der Waals surface area contributed by atoms with Crippen LogP contribution < -0.4 is 0 Å². The summed E-state index contributed by atoms with van der Waals surface area (Å²) in [6.07, 6.45) is 1.20. The van der Waals surface area contributed by atoms with E-state index in [-0.39, 0.29) is 11.9 Å². The average Bonchev–Trinajstić information content (AvgIpc) is 3.00. The van der Waals surface area contributed by atoms with E-state index in [2.05, 4.69) is 21.7 Å². The third kappa shape index (κ3) is 4.01. The Labute approximate surface area is 124 Å². The molecular formula is C14H23N3O2S. The number of rotatable bonds is 6. The van der Waals surface area contributed by atoms with Gasteiger partial charge in [-0.05, 0) is 13.0 Å². The molecule has 2 heterocycles. The number of thiazole rings is 1. The Bertz CT molecular complexity index is 403. The summed E-state index contributed by atoms with van der Waals surface area (Å²) in [5, 5.41) is 1.94. The van der Waals surface area contributed by atoms with E-state index >= 15 is 0 Å². The van der Waals surface area contributed by atoms with Crippen LogP contribution >= 0.6 is 11.3 Å². The number of hydrogen-bond acceptors (Lipinski definition) is 6. The van der Waals surface area contributed by atoms with Gasteiger partial charge in [-0.25, -0.2) is 4.98 Å². The Balaban J connectivity index is 1.91. The number of aromatic nitrogens is 1. The molecule has 0 aliphatic carbocycles. The molecule has 1 aromatic rings. The van der Waals surface area contributed by atoms with Crippen molar-refractivity contribution in [3.05, 3.63) is 16.6 Å². The number of methoxy groups -OCH3 is 1. The molecule has 0 N–H and O–H groups in total. The molecular weight excluding hydrogens is 274 g/mol. The van der Waals surface area contributed by atoms with Crippen LogP contribution in [-0.2, 0) is 9.53 Å². The molecule has 0 radical (unpaired) electrons. The average molecular weight is 297 g/mol. The van der Waals surface area contributed by atoms with Gasteiger partial charge < -0.3 is 9.64 Å². The SMILES string of the molecule is CCCN1CCN(CC(C(=O)OC)c2cscn2)CC1. The maximum absolute atomic E-state index is 12.0. The van der Waals surface area contributed by atoms with Crippen molar-refractivity contribution in [3.8, 4) is 0 Å². The van der Waals surface area contributed by atoms with Gasteiger partial charge in [-0.1, -0.05) is 6.92 Å². The molecule has 1 aliphatic heterocycles. The van der Waals surface area contributed by atoms with Gasteiger partial charge in [0.25, 0.3) is 0 Å². The van der Waals surface area contributed by atoms with Crippen LogP contribution in [0.4, 0.5) is 0 Å². The van der Waals surface area contributed by atoms with Gasteiger partial charge in [0, 0.05) is 38.1 Å². The molecule has 0 aromatic carbocycles. The third-order valence-corrected chi connectivity index (χ3v) is 4.34. The summed E-state index contributed by atoms with van der Waals surface area (Å²) in [4.78, 5) is 21.1. The normalized spacial score (nSPS) is 18.9. The Kier molecular flexibility index (Phi) is 5.94. The van der Waals surface area contributed by atoms with Gasteiger partial charge in [0.05, 0.1) is 18.3 Å². The molecule has 1 saturated heterocycles. The van der Waals surface area contributed by atoms with Gasteiger partial charge >= 0.3 is 5.97 Å². The first kappa shape index (κ1) is 15.4. The van der Waals surface area contributed by atoms with Crippen molar-refractivity contribution in [1.29, 1.82) is 0 Å². The van der Waals surface area contributed by atoms with E-state index in [1.54, 1.807) is 5.51 Å². The molecule has 1 aromatic heterocycles. The Hall–Kier alpha value is -0.980. The van der Waals surface area contributed by atoms with Gasteiger partial charge in [0.1, 0.15) is 5.92 Å². The van der Waals surface area contributed by atoms with Crippen LogP contribution in [-0.4, -0.2) is 67.1 Å². The fraction of sp³-hybridized carbons (Fsp3) is 0.714. The molecule has 1 fully saturated rings. The van der Waals surface area contributed by atoms with Gasteiger partial charge in [-0.2, -0.15) is 0 Å². The van der Waals surface area contributed by atoms with Crippen molar-refractivity contribution in [2.45, 2.75) is 19.3 Å². The van der Waals surface area contributed by atoms with Crippen LogP contribution in [0, 0.1) is 0 Å². The van der Waals surface area contributed by atoms with E-state index in [1.807, 2.05) is 5.38 Å². The Morgan fingerprint density at radius 3 is 2.65 bits per heavy atom. The minimum atomic E-state index is -0.260. The summed E-state index contributed by atoms with van der Waals surface area (Å²) in [5.41, 5.74) is 2.60. The van der Waals surface area contributed by atoms with Crippen LogP contribution in [0.3, 0.4) is 0 Å². The van der Waals surface area contributed by atoms with E-state index in [0.29, 0.717) is 6.54 Å². The van der Waals surface area contributed by atoms with Crippen molar-refractivity contribution < 1.29 is 9.53 Å². The molecule has 20 heavy (non-hydrogen) atoms. The zero-order valence-electron chi connectivity index (χ0n) is 12.2. The number of esters is 1. The van der Waals surface area contributed by atoms with Crippen molar-refractivity contribution in [2.75, 3.05) is 46.4 Å². The van der Waals surface area contributed by atoms with Gasteiger partial charge in [-0.15, -0.1) is 11.3 Å². The summed E-state index contributed by atoms with van der Waals surface area (Å²) in [6, 6.07) is 0. The van der Waals surface area contributed by atoms with E-state index < -0.39 is 0 Å². The quantitative estimate of drug-likeness (QED) is 0.743. The molecule has 2 rings (SSSR count). The molecule has 0 amide bonds. The summed E-state index contributed by atoms with van der Waals surface area (Å²) < 4.78 is 4.93. The maximum Gasteiger partial charge on any atom is 0.316 e. The predicted octanol–water partition coefficient (Wildman–Crippen LogP) is 1.43. The summed E-state index contributed by atoms with van der Waals surface area (Å²) in [7, 11) is 1.45. The molecule has 5 nitrogen and oxygen atoms in total. The Morgan fingerprint density at radius 1 is 1.40 bits per heavy atom. The second-order valence-electron chi connectivity index (χ2n) is 5.13. The molecule has 1 aliphatic rings. The lowest BCUT2D eigenvalue weighted by atomic mass is 10.1. The van der Waals surface area contributed by atoms with Crippen LogP contribution in [0.25, 0.3) is 0 Å². The fourth-order valence-corrected chi connectivity index (χ4v) is 3.20. The third-order valence-electron chi connectivity index (χ3n) is 3.74. The van der Waals surface area contributed by atoms with Crippen LogP contribution in [0.15, 0.2) is 10.9 Å². The monoisotopic (exact) mass is 297 g/mol. The van der Waals surface area contributed by atoms with Crippen LogP contribution in [0.2, 0.25) is 0 Å². The smallest absolute Gasteiger partial charge is 0.316 e. The highest BCUT2D eigenvalue weighted by Crippen LogP contribution is 2.19. The van der Waals surface area contributed by atoms with Crippen LogP contribution in [0.5, 0.6) is 0 Å². The van der Waals surface area contributed by atoms with Crippen molar-refractivity contribution in [3.63, 3.8) is 0 Å². The molecule has 0 bridgehead atoms. The van der Waals surface area contributed by atoms with Gasteiger partial charge in [0.2, 0.25) is 0 Å². The highest BCUT2D eigenvalue weighted by atomic mass is 32.1. The molecule has 1 atom stereocenters. The number of nitrogens with zero attached hydrogens (tertiary/aromatic N) is 3. The highest BCUT2D eigenvalue weighted by molar-refractivity contribution is 7.07. The van der Waals surface area contributed by atoms with Crippen molar-refractivity contribution >= 4 is 17.3 Å². The predicted molar refractivity (Wildman–Crippen MR) is 80.0 cm³/mol. The fourth-order valence-electron chi connectivity index (χ4n) is 2.59. The first-order chi connectivity index (χ1) is 9.74. The van der Waals surface area contributed by atoms with Gasteiger partial charge in [-0.3, -0.25) is 9.69 Å². The number of carbonyl (C=O) groups is 1. The molecule has 1 unspecified atom stereocenters. The largest absolute Gasteiger partial charge is 0.468 e. The zero-order chi connectivity index (χ0) is 14.4. The second kappa shape index (κ2) is 7.71. The number of piperazine rings is 1. The molecule has 6 heteroatoms. The summed E-state index contributed by atoms with van der Waals surface area (Å²) in [6.45, 7) is 8.27. The van der Waals surface area contributed by atoms with Crippen molar-refractivity contribution in [1.82, 2.24) is 14.8 Å². The number of carbonyl (C=O) groups excluding carboxylic acids is 1. The molecule has 0 saturated carbocycles. The van der Waals surface area contributed by atoms with E-state index in [0.717, 1.165) is 31.9 Å². The highest BCUT2D eigenvalue weighted by Gasteiger charge is 2.27. The lowest BCUT2D eigenvalue weighted by Gasteiger charge is -2.35. The first-order valence-electron chi connectivity index (χ1n) is 7.15. The first-order valence-corrected chi connectivity index (χ1v) is 8.09. The van der Waals surface area contributed by atoms with Crippen LogP contribution in [0.1, 0.15) is 25.0 Å².